The number of rotatable bonds is 5. The van der Waals surface area contributed by atoms with Crippen LogP contribution in [0.2, 0.25) is 0 Å². The lowest BCUT2D eigenvalue weighted by Gasteiger charge is -2.50. The van der Waals surface area contributed by atoms with Gasteiger partial charge in [-0.1, -0.05) is 6.07 Å². The Kier molecular flexibility index (Phi) is 7.38. The Labute approximate surface area is 251 Å². The standard InChI is InChI=1S/C30H32FN5O8/c1-35(2)18-11-17(34-29(43)33-14-7-5-6-13(31)10-14)23(37)20-15(18)8-12-9-16-22(36(3)4)25(39)21(28(32)42)27(41)30(16,44)26(40)19(12)24(20)38/h5-7,10-12,16,22,37-38,41,44H,8-9H2,1-4H3,(H2,32,42)(H2,33,34,43)/t12-,16-,22-,30-/m0/s1. The van der Waals surface area contributed by atoms with Gasteiger partial charge in [-0.25, -0.2) is 9.18 Å². The summed E-state index contributed by atoms with van der Waals surface area (Å²) in [6.07, 6.45) is 0.0147. The average Bonchev–Trinajstić information content (AvgIpc) is 2.91. The van der Waals surface area contributed by atoms with Gasteiger partial charge in [0.05, 0.1) is 17.3 Å². The van der Waals surface area contributed by atoms with Crippen molar-refractivity contribution in [3.05, 3.63) is 64.2 Å². The second-order valence-corrected chi connectivity index (χ2v) is 11.6. The molecule has 3 aliphatic carbocycles. The Bertz CT molecular complexity index is 1700. The molecule has 232 valence electrons. The Balaban J connectivity index is 1.64. The van der Waals surface area contributed by atoms with Crippen molar-refractivity contribution in [1.29, 1.82) is 0 Å². The number of halogens is 1. The second kappa shape index (κ2) is 10.6. The summed E-state index contributed by atoms with van der Waals surface area (Å²) in [7, 11) is 6.43. The van der Waals surface area contributed by atoms with Gasteiger partial charge in [0.2, 0.25) is 5.78 Å². The first kappa shape index (κ1) is 30.5. The van der Waals surface area contributed by atoms with Crippen LogP contribution in [0.25, 0.3) is 5.76 Å². The molecular formula is C30H32FN5O8. The van der Waals surface area contributed by atoms with Crippen LogP contribution in [-0.2, 0) is 20.8 Å². The van der Waals surface area contributed by atoms with E-state index in [4.69, 9.17) is 5.73 Å². The number of aromatic hydroxyl groups is 1. The minimum Gasteiger partial charge on any atom is -0.508 e. The van der Waals surface area contributed by atoms with E-state index < -0.39 is 75.6 Å². The summed E-state index contributed by atoms with van der Waals surface area (Å²) in [6, 6.07) is 4.58. The molecule has 0 aromatic heterocycles. The summed E-state index contributed by atoms with van der Waals surface area (Å²) >= 11 is 0. The number of fused-ring (bicyclic) bond motifs is 3. The van der Waals surface area contributed by atoms with Gasteiger partial charge >= 0.3 is 6.03 Å². The smallest absolute Gasteiger partial charge is 0.323 e. The Morgan fingerprint density at radius 1 is 1.07 bits per heavy atom. The summed E-state index contributed by atoms with van der Waals surface area (Å²) in [5.74, 6) is -8.32. The number of anilines is 3. The predicted octanol–water partition coefficient (Wildman–Crippen LogP) is 1.81. The Morgan fingerprint density at radius 2 is 1.75 bits per heavy atom. The lowest BCUT2D eigenvalue weighted by atomic mass is 9.57. The number of Topliss-reactive ketones (excluding diaryl/α,β-unsaturated/α-hetero) is 2. The van der Waals surface area contributed by atoms with E-state index in [-0.39, 0.29) is 35.4 Å². The van der Waals surface area contributed by atoms with Gasteiger partial charge in [0.15, 0.2) is 17.1 Å². The van der Waals surface area contributed by atoms with Gasteiger partial charge in [-0.3, -0.25) is 19.3 Å². The zero-order chi connectivity index (χ0) is 32.4. The van der Waals surface area contributed by atoms with Crippen LogP contribution >= 0.6 is 0 Å². The fraction of sp³-hybridized carbons (Fsp3) is 0.333. The van der Waals surface area contributed by atoms with Gasteiger partial charge in [-0.2, -0.15) is 0 Å². The summed E-state index contributed by atoms with van der Waals surface area (Å²) in [5.41, 5.74) is 2.06. The lowest BCUT2D eigenvalue weighted by Crippen LogP contribution is -2.65. The number of phenols is 1. The number of carbonyl (C=O) groups is 4. The van der Waals surface area contributed by atoms with E-state index >= 15 is 0 Å². The summed E-state index contributed by atoms with van der Waals surface area (Å²) in [6.45, 7) is 0. The maximum absolute atomic E-state index is 14.1. The first-order chi connectivity index (χ1) is 20.6. The molecule has 0 unspecified atom stereocenters. The van der Waals surface area contributed by atoms with Crippen molar-refractivity contribution in [3.63, 3.8) is 0 Å². The number of ketones is 2. The molecule has 0 bridgehead atoms. The van der Waals surface area contributed by atoms with E-state index in [0.717, 1.165) is 6.07 Å². The predicted molar refractivity (Wildman–Crippen MR) is 158 cm³/mol. The second-order valence-electron chi connectivity index (χ2n) is 11.6. The first-order valence-corrected chi connectivity index (χ1v) is 13.6. The van der Waals surface area contributed by atoms with Crippen molar-refractivity contribution in [1.82, 2.24) is 4.90 Å². The molecule has 8 N–H and O–H groups in total. The molecular weight excluding hydrogens is 577 g/mol. The highest BCUT2D eigenvalue weighted by Gasteiger charge is 2.64. The number of hydrogen-bond donors (Lipinski definition) is 7. The van der Waals surface area contributed by atoms with Crippen LogP contribution in [-0.4, -0.2) is 88.7 Å². The van der Waals surface area contributed by atoms with Crippen LogP contribution in [0.15, 0.2) is 47.2 Å². The number of phenolic OH excluding ortho intramolecular Hbond substituents is 1. The van der Waals surface area contributed by atoms with Gasteiger partial charge < -0.3 is 41.7 Å². The van der Waals surface area contributed by atoms with Crippen LogP contribution < -0.4 is 21.3 Å². The fourth-order valence-corrected chi connectivity index (χ4v) is 6.64. The van der Waals surface area contributed by atoms with Crippen molar-refractivity contribution in [2.45, 2.75) is 24.5 Å². The SMILES string of the molecule is CN(C)c1cc(NC(=O)Nc2cccc(F)c2)c(O)c2c1C[C@H]1C[C@H]3[C@H](N(C)C)C(=O)C(C(N)=O)=C(O)[C@@]3(O)C(=O)C1=C2O. The van der Waals surface area contributed by atoms with Crippen molar-refractivity contribution < 1.29 is 44.0 Å². The third-order valence-corrected chi connectivity index (χ3v) is 8.51. The van der Waals surface area contributed by atoms with Gasteiger partial charge in [0.1, 0.15) is 22.9 Å². The quantitative estimate of drug-likeness (QED) is 0.193. The van der Waals surface area contributed by atoms with Gasteiger partial charge in [-0.15, -0.1) is 0 Å². The molecule has 0 heterocycles. The number of urea groups is 1. The number of carbonyl (C=O) groups excluding carboxylic acids is 4. The third kappa shape index (κ3) is 4.53. The maximum Gasteiger partial charge on any atom is 0.323 e. The van der Waals surface area contributed by atoms with Crippen LogP contribution in [0.1, 0.15) is 17.5 Å². The lowest BCUT2D eigenvalue weighted by molar-refractivity contribution is -0.153. The first-order valence-electron chi connectivity index (χ1n) is 13.6. The molecule has 1 fully saturated rings. The van der Waals surface area contributed by atoms with Crippen LogP contribution in [0, 0.1) is 17.7 Å². The molecule has 2 aromatic rings. The molecule has 0 radical (unpaired) electrons. The topological polar surface area (TPSA) is 206 Å². The monoisotopic (exact) mass is 609 g/mol. The molecule has 5 rings (SSSR count). The van der Waals surface area contributed by atoms with Crippen LogP contribution in [0.4, 0.5) is 26.2 Å². The number of aliphatic hydroxyl groups is 3. The fourth-order valence-electron chi connectivity index (χ4n) is 6.64. The van der Waals surface area contributed by atoms with Gasteiger partial charge in [0, 0.05) is 37.0 Å². The molecule has 3 aliphatic rings. The number of benzene rings is 2. The number of primary amides is 1. The van der Waals surface area contributed by atoms with Gasteiger partial charge in [0.25, 0.3) is 5.91 Å². The average molecular weight is 610 g/mol. The molecule has 4 atom stereocenters. The normalized spacial score (nSPS) is 24.5. The molecule has 0 aliphatic heterocycles. The molecule has 44 heavy (non-hydrogen) atoms. The molecule has 3 amide bonds. The molecule has 0 saturated heterocycles. The number of nitrogens with two attached hydrogens (primary N) is 1. The van der Waals surface area contributed by atoms with Crippen molar-refractivity contribution in [3.8, 4) is 5.75 Å². The highest BCUT2D eigenvalue weighted by atomic mass is 19.1. The Morgan fingerprint density at radius 3 is 2.34 bits per heavy atom. The summed E-state index contributed by atoms with van der Waals surface area (Å²) < 4.78 is 13.6. The molecule has 14 heteroatoms. The zero-order valence-corrected chi connectivity index (χ0v) is 24.3. The van der Waals surface area contributed by atoms with Crippen molar-refractivity contribution in [2.24, 2.45) is 17.6 Å². The van der Waals surface area contributed by atoms with Crippen molar-refractivity contribution in [2.75, 3.05) is 43.7 Å². The van der Waals surface area contributed by atoms with E-state index in [2.05, 4.69) is 10.6 Å². The van der Waals surface area contributed by atoms with Gasteiger partial charge in [-0.05, 0) is 62.7 Å². The number of hydrogen-bond acceptors (Lipinski definition) is 10. The molecule has 13 nitrogen and oxygen atoms in total. The van der Waals surface area contributed by atoms with Crippen LogP contribution in [0.3, 0.4) is 0 Å². The third-order valence-electron chi connectivity index (χ3n) is 8.51. The number of nitrogens with zero attached hydrogens (tertiary/aromatic N) is 2. The highest BCUT2D eigenvalue weighted by Crippen LogP contribution is 2.54. The minimum atomic E-state index is -2.77. The van der Waals surface area contributed by atoms with E-state index in [1.54, 1.807) is 19.0 Å². The van der Waals surface area contributed by atoms with E-state index in [9.17, 15) is 44.0 Å². The highest BCUT2D eigenvalue weighted by molar-refractivity contribution is 6.24. The number of nitrogens with one attached hydrogen (secondary N) is 2. The van der Waals surface area contributed by atoms with E-state index in [1.807, 2.05) is 0 Å². The number of amides is 3. The molecule has 1 saturated carbocycles. The molecule has 2 aromatic carbocycles. The summed E-state index contributed by atoms with van der Waals surface area (Å²) in [4.78, 5) is 55.3. The summed E-state index contributed by atoms with van der Waals surface area (Å²) in [5, 5.41) is 50.5. The maximum atomic E-state index is 14.1. The van der Waals surface area contributed by atoms with Crippen molar-refractivity contribution >= 4 is 46.3 Å². The van der Waals surface area contributed by atoms with Crippen LogP contribution in [0.5, 0.6) is 5.75 Å². The zero-order valence-electron chi connectivity index (χ0n) is 24.3. The number of aliphatic hydroxyl groups excluding tert-OH is 2. The van der Waals surface area contributed by atoms with E-state index in [1.165, 1.54) is 43.3 Å². The molecule has 0 spiro atoms. The largest absolute Gasteiger partial charge is 0.508 e. The Hall–Kier alpha value is -4.95. The van der Waals surface area contributed by atoms with E-state index in [0.29, 0.717) is 11.3 Å². The number of likely N-dealkylation sites (N-methyl/N-ethyl adjacent to an activating group) is 1. The minimum absolute atomic E-state index is 0.0601.